The zero-order valence-corrected chi connectivity index (χ0v) is 11.3. The molecule has 0 amide bonds. The summed E-state index contributed by atoms with van der Waals surface area (Å²) in [6.45, 7) is 2.82. The molecule has 2 rings (SSSR count). The first kappa shape index (κ1) is 13.4. The minimum absolute atomic E-state index is 0.260. The van der Waals surface area contributed by atoms with Crippen LogP contribution in [0.1, 0.15) is 17.4 Å². The maximum absolute atomic E-state index is 13.6. The molecule has 0 spiro atoms. The summed E-state index contributed by atoms with van der Waals surface area (Å²) in [6, 6.07) is 8.69. The third-order valence-corrected chi connectivity index (χ3v) is 3.42. The van der Waals surface area contributed by atoms with Crippen LogP contribution in [-0.2, 0) is 6.54 Å². The van der Waals surface area contributed by atoms with Crippen molar-refractivity contribution < 1.29 is 9.13 Å². The molecular formula is C14H13FN2OS. The predicted molar refractivity (Wildman–Crippen MR) is 73.9 cm³/mol. The van der Waals surface area contributed by atoms with Crippen LogP contribution in [0.2, 0.25) is 0 Å². The van der Waals surface area contributed by atoms with Crippen molar-refractivity contribution >= 4 is 17.0 Å². The van der Waals surface area contributed by atoms with Crippen molar-refractivity contribution in [3.8, 4) is 11.8 Å². The van der Waals surface area contributed by atoms with Crippen molar-refractivity contribution in [3.05, 3.63) is 45.9 Å². The minimum atomic E-state index is -0.379. The number of rotatable bonds is 5. The third-order valence-electron chi connectivity index (χ3n) is 2.48. The van der Waals surface area contributed by atoms with Gasteiger partial charge in [0.25, 0.3) is 0 Å². The monoisotopic (exact) mass is 276 g/mol. The van der Waals surface area contributed by atoms with Gasteiger partial charge in [0, 0.05) is 28.6 Å². The lowest BCUT2D eigenvalue weighted by atomic mass is 10.2. The number of thiophene rings is 1. The fourth-order valence-corrected chi connectivity index (χ4v) is 2.35. The van der Waals surface area contributed by atoms with E-state index in [0.29, 0.717) is 24.4 Å². The molecular weight excluding hydrogens is 263 g/mol. The molecule has 3 nitrogen and oxygen atoms in total. The van der Waals surface area contributed by atoms with Gasteiger partial charge in [-0.2, -0.15) is 5.26 Å². The molecule has 0 saturated carbocycles. The second-order valence-electron chi connectivity index (χ2n) is 3.85. The molecule has 1 aromatic carbocycles. The van der Waals surface area contributed by atoms with Gasteiger partial charge in [0.1, 0.15) is 6.07 Å². The van der Waals surface area contributed by atoms with Crippen LogP contribution in [0.4, 0.5) is 10.1 Å². The van der Waals surface area contributed by atoms with Crippen LogP contribution < -0.4 is 10.1 Å². The van der Waals surface area contributed by atoms with E-state index in [0.717, 1.165) is 4.88 Å². The van der Waals surface area contributed by atoms with Gasteiger partial charge in [0.2, 0.25) is 0 Å². The summed E-state index contributed by atoms with van der Waals surface area (Å²) in [4.78, 5) is 1.03. The first-order valence-electron chi connectivity index (χ1n) is 5.86. The smallest absolute Gasteiger partial charge is 0.167 e. The zero-order chi connectivity index (χ0) is 13.7. The van der Waals surface area contributed by atoms with Gasteiger partial charge < -0.3 is 10.1 Å². The molecule has 98 valence electrons. The van der Waals surface area contributed by atoms with E-state index in [1.54, 1.807) is 17.5 Å². The highest BCUT2D eigenvalue weighted by Gasteiger charge is 2.04. The third kappa shape index (κ3) is 3.46. The van der Waals surface area contributed by atoms with E-state index in [4.69, 9.17) is 10.00 Å². The highest BCUT2D eigenvalue weighted by Crippen LogP contribution is 2.22. The van der Waals surface area contributed by atoms with E-state index >= 15 is 0 Å². The van der Waals surface area contributed by atoms with Gasteiger partial charge in [0.05, 0.1) is 12.2 Å². The van der Waals surface area contributed by atoms with E-state index < -0.39 is 0 Å². The molecule has 19 heavy (non-hydrogen) atoms. The summed E-state index contributed by atoms with van der Waals surface area (Å²) in [5.74, 6) is -0.119. The molecule has 1 aromatic heterocycles. The molecule has 0 unspecified atom stereocenters. The van der Waals surface area contributed by atoms with Crippen LogP contribution in [-0.4, -0.2) is 6.61 Å². The molecule has 0 aliphatic heterocycles. The van der Waals surface area contributed by atoms with Gasteiger partial charge >= 0.3 is 0 Å². The fourth-order valence-electron chi connectivity index (χ4n) is 1.60. The zero-order valence-electron chi connectivity index (χ0n) is 10.4. The molecule has 2 aromatic rings. The molecule has 1 N–H and O–H groups in total. The Bertz CT molecular complexity index is 604. The number of hydrogen-bond acceptors (Lipinski definition) is 4. The van der Waals surface area contributed by atoms with E-state index in [9.17, 15) is 4.39 Å². The van der Waals surface area contributed by atoms with Crippen LogP contribution >= 0.6 is 11.3 Å². The average molecular weight is 276 g/mol. The van der Waals surface area contributed by atoms with E-state index in [1.165, 1.54) is 17.4 Å². The van der Waals surface area contributed by atoms with Crippen LogP contribution in [0, 0.1) is 17.1 Å². The van der Waals surface area contributed by atoms with Crippen LogP contribution in [0.15, 0.2) is 29.6 Å². The summed E-state index contributed by atoms with van der Waals surface area (Å²) in [5, 5.41) is 13.6. The Balaban J connectivity index is 2.00. The summed E-state index contributed by atoms with van der Waals surface area (Å²) >= 11 is 1.51. The van der Waals surface area contributed by atoms with Crippen molar-refractivity contribution in [1.29, 1.82) is 5.26 Å². The van der Waals surface area contributed by atoms with Crippen LogP contribution in [0.25, 0.3) is 0 Å². The Hall–Kier alpha value is -2.06. The summed E-state index contributed by atoms with van der Waals surface area (Å²) in [6.07, 6.45) is 0. The van der Waals surface area contributed by atoms with Gasteiger partial charge in [-0.3, -0.25) is 0 Å². The molecule has 5 heteroatoms. The van der Waals surface area contributed by atoms with E-state index in [-0.39, 0.29) is 11.6 Å². The quantitative estimate of drug-likeness (QED) is 0.904. The first-order chi connectivity index (χ1) is 9.22. The number of nitrogens with zero attached hydrogens (tertiary/aromatic N) is 1. The molecule has 0 bridgehead atoms. The van der Waals surface area contributed by atoms with E-state index in [1.807, 2.05) is 13.0 Å². The van der Waals surface area contributed by atoms with E-state index in [2.05, 4.69) is 11.4 Å². The highest BCUT2D eigenvalue weighted by molar-refractivity contribution is 7.10. The Labute approximate surface area is 115 Å². The Morgan fingerprint density at radius 2 is 2.26 bits per heavy atom. The lowest BCUT2D eigenvalue weighted by Crippen LogP contribution is -1.99. The molecule has 0 aliphatic carbocycles. The number of hydrogen-bond donors (Lipinski definition) is 1. The average Bonchev–Trinajstić information content (AvgIpc) is 2.87. The Morgan fingerprint density at radius 3 is 2.89 bits per heavy atom. The van der Waals surface area contributed by atoms with Crippen LogP contribution in [0.5, 0.6) is 5.75 Å². The van der Waals surface area contributed by atoms with Crippen molar-refractivity contribution in [3.63, 3.8) is 0 Å². The molecule has 0 atom stereocenters. The molecule has 0 aliphatic rings. The lowest BCUT2D eigenvalue weighted by Gasteiger charge is -2.08. The Morgan fingerprint density at radius 1 is 1.42 bits per heavy atom. The largest absolute Gasteiger partial charge is 0.491 e. The highest BCUT2D eigenvalue weighted by atomic mass is 32.1. The standard InChI is InChI=1S/C14H13FN2OS/c1-2-18-14-4-3-11(6-13(14)15)17-8-12-5-10(7-16)9-19-12/h3-6,9,17H,2,8H2,1H3. The molecule has 0 fully saturated rings. The Kier molecular flexibility index (Phi) is 4.37. The molecule has 0 saturated heterocycles. The number of nitriles is 1. The molecule has 0 radical (unpaired) electrons. The van der Waals surface area contributed by atoms with Crippen molar-refractivity contribution in [2.45, 2.75) is 13.5 Å². The summed E-state index contributed by atoms with van der Waals surface area (Å²) < 4.78 is 18.8. The van der Waals surface area contributed by atoms with Gasteiger partial charge in [-0.05, 0) is 25.1 Å². The summed E-state index contributed by atoms with van der Waals surface area (Å²) in [7, 11) is 0. The topological polar surface area (TPSA) is 45.0 Å². The van der Waals surface area contributed by atoms with Crippen molar-refractivity contribution in [1.82, 2.24) is 0 Å². The SMILES string of the molecule is CCOc1ccc(NCc2cc(C#N)cs2)cc1F. The number of benzene rings is 1. The van der Waals surface area contributed by atoms with Crippen molar-refractivity contribution in [2.75, 3.05) is 11.9 Å². The second kappa shape index (κ2) is 6.21. The van der Waals surface area contributed by atoms with Gasteiger partial charge in [-0.25, -0.2) is 4.39 Å². The normalized spacial score (nSPS) is 9.95. The number of ether oxygens (including phenoxy) is 1. The summed E-state index contributed by atoms with van der Waals surface area (Å²) in [5.41, 5.74) is 1.34. The number of anilines is 1. The fraction of sp³-hybridized carbons (Fsp3) is 0.214. The lowest BCUT2D eigenvalue weighted by molar-refractivity contribution is 0.321. The maximum atomic E-state index is 13.6. The molecule has 1 heterocycles. The van der Waals surface area contributed by atoms with Gasteiger partial charge in [-0.15, -0.1) is 11.3 Å². The van der Waals surface area contributed by atoms with Crippen LogP contribution in [0.3, 0.4) is 0 Å². The maximum Gasteiger partial charge on any atom is 0.167 e. The number of nitrogens with one attached hydrogen (secondary N) is 1. The first-order valence-corrected chi connectivity index (χ1v) is 6.74. The number of halogens is 1. The minimum Gasteiger partial charge on any atom is -0.491 e. The van der Waals surface area contributed by atoms with Gasteiger partial charge in [-0.1, -0.05) is 0 Å². The van der Waals surface area contributed by atoms with Gasteiger partial charge in [0.15, 0.2) is 11.6 Å². The van der Waals surface area contributed by atoms with Crippen molar-refractivity contribution in [2.24, 2.45) is 0 Å². The second-order valence-corrected chi connectivity index (χ2v) is 4.84. The predicted octanol–water partition coefficient (Wildman–Crippen LogP) is 3.77.